The molecule has 0 aliphatic carbocycles. The Labute approximate surface area is 141 Å². The normalized spacial score (nSPS) is 10.3. The molecule has 0 saturated heterocycles. The number of nitrogens with zero attached hydrogens (tertiary/aromatic N) is 1. The molecule has 116 valence electrons. The van der Waals surface area contributed by atoms with Gasteiger partial charge in [0.05, 0.1) is 12.1 Å². The highest BCUT2D eigenvalue weighted by atomic mass is 79.9. The summed E-state index contributed by atoms with van der Waals surface area (Å²) in [7, 11) is 1.73. The Hall–Kier alpha value is -1.66. The topological polar surface area (TPSA) is 46.6 Å². The van der Waals surface area contributed by atoms with Crippen molar-refractivity contribution >= 4 is 39.0 Å². The van der Waals surface area contributed by atoms with Crippen LogP contribution in [0.2, 0.25) is 0 Å². The zero-order valence-corrected chi connectivity index (χ0v) is 14.7. The van der Waals surface area contributed by atoms with Crippen LogP contribution in [0.5, 0.6) is 5.75 Å². The lowest BCUT2D eigenvalue weighted by atomic mass is 10.1. The summed E-state index contributed by atoms with van der Waals surface area (Å²) in [5.74, 6) is 0.190. The highest BCUT2D eigenvalue weighted by Crippen LogP contribution is 2.23. The van der Waals surface area contributed by atoms with E-state index in [4.69, 9.17) is 4.74 Å². The standard InChI is InChI=1S/C16H16BrNO3S/c1-11(19)14-8-12(17)5-6-15(14)21-10-16(20)18(2)9-13-4-3-7-22-13/h3-8H,9-10H2,1-2H3. The largest absolute Gasteiger partial charge is 0.483 e. The van der Waals surface area contributed by atoms with Gasteiger partial charge < -0.3 is 9.64 Å². The fourth-order valence-electron chi connectivity index (χ4n) is 1.88. The van der Waals surface area contributed by atoms with Crippen molar-refractivity contribution < 1.29 is 14.3 Å². The molecule has 0 atom stereocenters. The molecule has 0 aliphatic rings. The Bertz CT molecular complexity index is 670. The van der Waals surface area contributed by atoms with E-state index in [9.17, 15) is 9.59 Å². The van der Waals surface area contributed by atoms with Crippen molar-refractivity contribution in [2.45, 2.75) is 13.5 Å². The highest BCUT2D eigenvalue weighted by Gasteiger charge is 2.14. The summed E-state index contributed by atoms with van der Waals surface area (Å²) < 4.78 is 6.32. The van der Waals surface area contributed by atoms with E-state index in [1.54, 1.807) is 41.5 Å². The zero-order valence-electron chi connectivity index (χ0n) is 12.3. The molecule has 6 heteroatoms. The minimum Gasteiger partial charge on any atom is -0.483 e. The maximum Gasteiger partial charge on any atom is 0.260 e. The average Bonchev–Trinajstić information content (AvgIpc) is 2.98. The number of carbonyl (C=O) groups excluding carboxylic acids is 2. The fraction of sp³-hybridized carbons (Fsp3) is 0.250. The number of benzene rings is 1. The number of thiophene rings is 1. The van der Waals surface area contributed by atoms with Crippen LogP contribution in [-0.4, -0.2) is 30.2 Å². The summed E-state index contributed by atoms with van der Waals surface area (Å²) in [6.45, 7) is 1.93. The Kier molecular flexibility index (Phi) is 5.74. The van der Waals surface area contributed by atoms with Gasteiger partial charge in [0, 0.05) is 16.4 Å². The van der Waals surface area contributed by atoms with Gasteiger partial charge in [-0.25, -0.2) is 0 Å². The SMILES string of the molecule is CC(=O)c1cc(Br)ccc1OCC(=O)N(C)Cc1cccs1. The van der Waals surface area contributed by atoms with E-state index in [0.717, 1.165) is 9.35 Å². The number of amides is 1. The van der Waals surface area contributed by atoms with Crippen molar-refractivity contribution in [2.24, 2.45) is 0 Å². The summed E-state index contributed by atoms with van der Waals surface area (Å²) in [5.41, 5.74) is 0.461. The van der Waals surface area contributed by atoms with E-state index in [1.807, 2.05) is 17.5 Å². The molecule has 0 aliphatic heterocycles. The maximum atomic E-state index is 12.1. The maximum absolute atomic E-state index is 12.1. The van der Waals surface area contributed by atoms with E-state index in [-0.39, 0.29) is 18.3 Å². The molecule has 2 aromatic rings. The van der Waals surface area contributed by atoms with Gasteiger partial charge >= 0.3 is 0 Å². The number of halogens is 1. The van der Waals surface area contributed by atoms with Crippen LogP contribution in [0.25, 0.3) is 0 Å². The molecule has 2 rings (SSSR count). The van der Waals surface area contributed by atoms with Gasteiger partial charge in [0.2, 0.25) is 0 Å². The summed E-state index contributed by atoms with van der Waals surface area (Å²) in [6.07, 6.45) is 0. The summed E-state index contributed by atoms with van der Waals surface area (Å²) in [4.78, 5) is 26.4. The lowest BCUT2D eigenvalue weighted by Crippen LogP contribution is -2.30. The van der Waals surface area contributed by atoms with Gasteiger partial charge in [0.1, 0.15) is 5.75 Å². The number of rotatable bonds is 6. The molecule has 0 bridgehead atoms. The third-order valence-corrected chi connectivity index (χ3v) is 4.43. The minimum absolute atomic E-state index is 0.0935. The number of ketones is 1. The second-order valence-corrected chi connectivity index (χ2v) is 6.76. The second kappa shape index (κ2) is 7.56. The van der Waals surface area contributed by atoms with Gasteiger partial charge in [-0.1, -0.05) is 22.0 Å². The molecule has 1 aromatic carbocycles. The Morgan fingerprint density at radius 1 is 1.32 bits per heavy atom. The molecule has 1 aromatic heterocycles. The molecule has 0 spiro atoms. The third-order valence-electron chi connectivity index (χ3n) is 3.07. The van der Waals surface area contributed by atoms with Crippen molar-refractivity contribution in [3.05, 3.63) is 50.6 Å². The Balaban J connectivity index is 1.97. The number of Topliss-reactive ketones (excluding diaryl/α,β-unsaturated/α-hetero) is 1. The van der Waals surface area contributed by atoms with Gasteiger partial charge in [-0.3, -0.25) is 9.59 Å². The van der Waals surface area contributed by atoms with Gasteiger partial charge in [0.25, 0.3) is 5.91 Å². The number of likely N-dealkylation sites (N-methyl/N-ethyl adjacent to an activating group) is 1. The van der Waals surface area contributed by atoms with Crippen LogP contribution >= 0.6 is 27.3 Å². The first kappa shape index (κ1) is 16.7. The van der Waals surface area contributed by atoms with Crippen molar-refractivity contribution in [2.75, 3.05) is 13.7 Å². The molecule has 0 saturated carbocycles. The van der Waals surface area contributed by atoms with Crippen molar-refractivity contribution in [1.29, 1.82) is 0 Å². The molecular formula is C16H16BrNO3S. The fourth-order valence-corrected chi connectivity index (χ4v) is 3.00. The summed E-state index contributed by atoms with van der Waals surface area (Å²) in [6, 6.07) is 9.10. The molecule has 1 amide bonds. The first-order valence-electron chi connectivity index (χ1n) is 6.67. The van der Waals surface area contributed by atoms with Gasteiger partial charge in [0.15, 0.2) is 12.4 Å². The van der Waals surface area contributed by atoms with Crippen LogP contribution in [0.15, 0.2) is 40.2 Å². The quantitative estimate of drug-likeness (QED) is 0.715. The molecule has 0 N–H and O–H groups in total. The first-order valence-corrected chi connectivity index (χ1v) is 8.34. The molecule has 4 nitrogen and oxygen atoms in total. The second-order valence-electron chi connectivity index (χ2n) is 4.81. The molecule has 0 radical (unpaired) electrons. The lowest BCUT2D eigenvalue weighted by Gasteiger charge is -2.17. The van der Waals surface area contributed by atoms with Gasteiger partial charge in [-0.2, -0.15) is 0 Å². The van der Waals surface area contributed by atoms with Gasteiger partial charge in [-0.05, 0) is 36.6 Å². The van der Waals surface area contributed by atoms with E-state index in [0.29, 0.717) is 17.9 Å². The van der Waals surface area contributed by atoms with Crippen LogP contribution < -0.4 is 4.74 Å². The van der Waals surface area contributed by atoms with Crippen LogP contribution in [-0.2, 0) is 11.3 Å². The van der Waals surface area contributed by atoms with Crippen LogP contribution in [0.4, 0.5) is 0 Å². The van der Waals surface area contributed by atoms with E-state index >= 15 is 0 Å². The molecular weight excluding hydrogens is 366 g/mol. The van der Waals surface area contributed by atoms with Crippen LogP contribution in [0.1, 0.15) is 22.2 Å². The van der Waals surface area contributed by atoms with E-state index in [1.165, 1.54) is 6.92 Å². The average molecular weight is 382 g/mol. The lowest BCUT2D eigenvalue weighted by molar-refractivity contribution is -0.132. The molecule has 0 unspecified atom stereocenters. The smallest absolute Gasteiger partial charge is 0.260 e. The Morgan fingerprint density at radius 3 is 2.73 bits per heavy atom. The zero-order chi connectivity index (χ0) is 16.1. The van der Waals surface area contributed by atoms with Crippen LogP contribution in [0.3, 0.4) is 0 Å². The van der Waals surface area contributed by atoms with Gasteiger partial charge in [-0.15, -0.1) is 11.3 Å². The van der Waals surface area contributed by atoms with Crippen molar-refractivity contribution in [3.8, 4) is 5.75 Å². The highest BCUT2D eigenvalue weighted by molar-refractivity contribution is 9.10. The molecule has 1 heterocycles. The molecule has 0 fully saturated rings. The van der Waals surface area contributed by atoms with E-state index in [2.05, 4.69) is 15.9 Å². The minimum atomic E-state index is -0.133. The predicted octanol–water partition coefficient (Wildman–Crippen LogP) is 3.75. The van der Waals surface area contributed by atoms with Crippen molar-refractivity contribution in [1.82, 2.24) is 4.90 Å². The number of hydrogen-bond donors (Lipinski definition) is 0. The Morgan fingerprint density at radius 2 is 2.09 bits per heavy atom. The summed E-state index contributed by atoms with van der Waals surface area (Å²) >= 11 is 4.93. The predicted molar refractivity (Wildman–Crippen MR) is 90.4 cm³/mol. The monoisotopic (exact) mass is 381 g/mol. The number of ether oxygens (including phenoxy) is 1. The first-order chi connectivity index (χ1) is 10.5. The van der Waals surface area contributed by atoms with Crippen molar-refractivity contribution in [3.63, 3.8) is 0 Å². The van der Waals surface area contributed by atoms with Crippen LogP contribution in [0, 0.1) is 0 Å². The number of hydrogen-bond acceptors (Lipinski definition) is 4. The molecule has 22 heavy (non-hydrogen) atoms. The third kappa shape index (κ3) is 4.42. The van der Waals surface area contributed by atoms with E-state index < -0.39 is 0 Å². The summed E-state index contributed by atoms with van der Waals surface area (Å²) in [5, 5.41) is 1.98. The number of carbonyl (C=O) groups is 2.